The van der Waals surface area contributed by atoms with E-state index in [-0.39, 0.29) is 0 Å². The maximum absolute atomic E-state index is 2.41. The van der Waals surface area contributed by atoms with Gasteiger partial charge in [-0.1, -0.05) is 26.0 Å². The molecule has 50 valence electrons. The van der Waals surface area contributed by atoms with E-state index in [0.717, 1.165) is 11.8 Å². The molecule has 2 aliphatic carbocycles. The Morgan fingerprint density at radius 2 is 1.56 bits per heavy atom. The fourth-order valence-corrected chi connectivity index (χ4v) is 2.33. The van der Waals surface area contributed by atoms with Crippen molar-refractivity contribution in [2.45, 2.75) is 26.7 Å². The molecule has 2 rings (SSSR count). The van der Waals surface area contributed by atoms with Crippen LogP contribution in [-0.2, 0) is 0 Å². The van der Waals surface area contributed by atoms with Gasteiger partial charge in [-0.15, -0.1) is 0 Å². The summed E-state index contributed by atoms with van der Waals surface area (Å²) in [7, 11) is 0. The summed E-state index contributed by atoms with van der Waals surface area (Å²) < 4.78 is 0. The van der Waals surface area contributed by atoms with Crippen LogP contribution < -0.4 is 0 Å². The van der Waals surface area contributed by atoms with Gasteiger partial charge in [-0.05, 0) is 30.1 Å². The van der Waals surface area contributed by atoms with E-state index in [1.54, 1.807) is 0 Å². The molecule has 2 atom stereocenters. The van der Waals surface area contributed by atoms with Gasteiger partial charge in [0.25, 0.3) is 0 Å². The SMILES string of the molecule is CC1(C)C2C=CC1CC2. The third-order valence-electron chi connectivity index (χ3n) is 3.28. The molecule has 9 heavy (non-hydrogen) atoms. The quantitative estimate of drug-likeness (QED) is 0.433. The van der Waals surface area contributed by atoms with Crippen molar-refractivity contribution in [1.82, 2.24) is 0 Å². The van der Waals surface area contributed by atoms with E-state index < -0.39 is 0 Å². The van der Waals surface area contributed by atoms with Crippen molar-refractivity contribution < 1.29 is 0 Å². The van der Waals surface area contributed by atoms with Crippen LogP contribution in [0.15, 0.2) is 12.2 Å². The minimum Gasteiger partial charge on any atom is -0.0846 e. The topological polar surface area (TPSA) is 0 Å². The summed E-state index contributed by atoms with van der Waals surface area (Å²) >= 11 is 0. The maximum atomic E-state index is 2.41. The van der Waals surface area contributed by atoms with Crippen LogP contribution in [0.5, 0.6) is 0 Å². The lowest BCUT2D eigenvalue weighted by molar-refractivity contribution is 0.279. The average molecular weight is 122 g/mol. The monoisotopic (exact) mass is 122 g/mol. The summed E-state index contributed by atoms with van der Waals surface area (Å²) in [5, 5.41) is 0. The molecule has 1 fully saturated rings. The van der Waals surface area contributed by atoms with E-state index in [2.05, 4.69) is 26.0 Å². The second-order valence-electron chi connectivity index (χ2n) is 4.00. The predicted molar refractivity (Wildman–Crippen MR) is 39.1 cm³/mol. The van der Waals surface area contributed by atoms with Crippen molar-refractivity contribution >= 4 is 0 Å². The van der Waals surface area contributed by atoms with Crippen LogP contribution >= 0.6 is 0 Å². The largest absolute Gasteiger partial charge is 0.0846 e. The van der Waals surface area contributed by atoms with Crippen LogP contribution in [0.3, 0.4) is 0 Å². The van der Waals surface area contributed by atoms with Gasteiger partial charge >= 0.3 is 0 Å². The summed E-state index contributed by atoms with van der Waals surface area (Å²) in [5.74, 6) is 1.81. The van der Waals surface area contributed by atoms with Gasteiger partial charge in [-0.3, -0.25) is 0 Å². The van der Waals surface area contributed by atoms with Crippen LogP contribution in [0.25, 0.3) is 0 Å². The highest BCUT2D eigenvalue weighted by Gasteiger charge is 2.43. The first-order valence-electron chi connectivity index (χ1n) is 3.89. The summed E-state index contributed by atoms with van der Waals surface area (Å²) in [5.41, 5.74) is 0.611. The Morgan fingerprint density at radius 1 is 1.11 bits per heavy atom. The Balaban J connectivity index is 2.35. The Labute approximate surface area is 57.0 Å². The smallest absolute Gasteiger partial charge is 0.0176 e. The molecule has 0 radical (unpaired) electrons. The van der Waals surface area contributed by atoms with E-state index >= 15 is 0 Å². The van der Waals surface area contributed by atoms with Crippen LogP contribution in [0.4, 0.5) is 0 Å². The molecular formula is C9H14. The highest BCUT2D eigenvalue weighted by molar-refractivity contribution is 5.15. The number of rotatable bonds is 0. The van der Waals surface area contributed by atoms with Crippen molar-refractivity contribution in [1.29, 1.82) is 0 Å². The average Bonchev–Trinajstić information content (AvgIpc) is 2.24. The predicted octanol–water partition coefficient (Wildman–Crippen LogP) is 2.61. The highest BCUT2D eigenvalue weighted by Crippen LogP contribution is 2.53. The van der Waals surface area contributed by atoms with Crippen molar-refractivity contribution in [2.24, 2.45) is 17.3 Å². The zero-order valence-electron chi connectivity index (χ0n) is 6.22. The van der Waals surface area contributed by atoms with Gasteiger partial charge in [0.15, 0.2) is 0 Å². The van der Waals surface area contributed by atoms with Crippen LogP contribution in [0.2, 0.25) is 0 Å². The first-order valence-corrected chi connectivity index (χ1v) is 3.89. The third kappa shape index (κ3) is 0.540. The zero-order chi connectivity index (χ0) is 6.48. The van der Waals surface area contributed by atoms with Gasteiger partial charge in [-0.2, -0.15) is 0 Å². The minimum atomic E-state index is 0.611. The van der Waals surface area contributed by atoms with Gasteiger partial charge in [0, 0.05) is 0 Å². The van der Waals surface area contributed by atoms with Gasteiger partial charge < -0.3 is 0 Å². The molecule has 2 bridgehead atoms. The molecule has 2 unspecified atom stereocenters. The summed E-state index contributed by atoms with van der Waals surface area (Å²) in [4.78, 5) is 0. The minimum absolute atomic E-state index is 0.611. The number of fused-ring (bicyclic) bond motifs is 2. The third-order valence-corrected chi connectivity index (χ3v) is 3.28. The van der Waals surface area contributed by atoms with Gasteiger partial charge in [0.1, 0.15) is 0 Å². The Bertz CT molecular complexity index is 137. The molecule has 0 aliphatic heterocycles. The summed E-state index contributed by atoms with van der Waals surface area (Å²) in [6.45, 7) is 4.80. The van der Waals surface area contributed by atoms with Crippen LogP contribution in [0, 0.1) is 17.3 Å². The molecule has 0 N–H and O–H groups in total. The maximum Gasteiger partial charge on any atom is -0.0176 e. The number of hydrogen-bond acceptors (Lipinski definition) is 0. The van der Waals surface area contributed by atoms with E-state index in [0.29, 0.717) is 5.41 Å². The first kappa shape index (κ1) is 5.52. The van der Waals surface area contributed by atoms with Gasteiger partial charge in [0.05, 0.1) is 0 Å². The molecule has 0 aromatic carbocycles. The van der Waals surface area contributed by atoms with Crippen molar-refractivity contribution in [3.8, 4) is 0 Å². The lowest BCUT2D eigenvalue weighted by Crippen LogP contribution is -2.17. The molecule has 0 amide bonds. The zero-order valence-corrected chi connectivity index (χ0v) is 6.22. The van der Waals surface area contributed by atoms with E-state index in [4.69, 9.17) is 0 Å². The van der Waals surface area contributed by atoms with E-state index in [9.17, 15) is 0 Å². The molecule has 0 saturated heterocycles. The number of hydrogen-bond donors (Lipinski definition) is 0. The summed E-state index contributed by atoms with van der Waals surface area (Å²) in [6, 6.07) is 0. The molecule has 0 aromatic heterocycles. The molecule has 1 saturated carbocycles. The van der Waals surface area contributed by atoms with Crippen molar-refractivity contribution in [2.75, 3.05) is 0 Å². The molecule has 0 aromatic rings. The molecule has 2 aliphatic rings. The normalized spacial score (nSPS) is 44.2. The van der Waals surface area contributed by atoms with Crippen molar-refractivity contribution in [3.05, 3.63) is 12.2 Å². The first-order chi connectivity index (χ1) is 4.21. The number of allylic oxidation sites excluding steroid dienone is 2. The standard InChI is InChI=1S/C9H14/c1-9(2)7-3-4-8(9)6-5-7/h3-4,7-8H,5-6H2,1-2H3. The van der Waals surface area contributed by atoms with Gasteiger partial charge in [-0.25, -0.2) is 0 Å². The highest BCUT2D eigenvalue weighted by atomic mass is 14.5. The molecule has 0 heteroatoms. The van der Waals surface area contributed by atoms with E-state index in [1.165, 1.54) is 12.8 Å². The van der Waals surface area contributed by atoms with Crippen LogP contribution in [0.1, 0.15) is 26.7 Å². The fraction of sp³-hybridized carbons (Fsp3) is 0.778. The second kappa shape index (κ2) is 1.42. The summed E-state index contributed by atoms with van der Waals surface area (Å²) in [6.07, 6.45) is 7.70. The second-order valence-corrected chi connectivity index (χ2v) is 4.00. The van der Waals surface area contributed by atoms with Crippen LogP contribution in [-0.4, -0.2) is 0 Å². The van der Waals surface area contributed by atoms with Gasteiger partial charge in [0.2, 0.25) is 0 Å². The fourth-order valence-electron chi connectivity index (χ4n) is 2.33. The Morgan fingerprint density at radius 3 is 1.67 bits per heavy atom. The molecule has 0 spiro atoms. The molecule has 0 heterocycles. The Hall–Kier alpha value is -0.260. The lowest BCUT2D eigenvalue weighted by Gasteiger charge is -2.23. The molecule has 0 nitrogen and oxygen atoms in total. The van der Waals surface area contributed by atoms with Crippen molar-refractivity contribution in [3.63, 3.8) is 0 Å². The van der Waals surface area contributed by atoms with E-state index in [1.807, 2.05) is 0 Å². The molecular weight excluding hydrogens is 108 g/mol. The lowest BCUT2D eigenvalue weighted by atomic mass is 9.81. The Kier molecular flexibility index (Phi) is 0.870.